The fourth-order valence-electron chi connectivity index (χ4n) is 1.66. The number of ether oxygens (including phenoxy) is 1. The summed E-state index contributed by atoms with van der Waals surface area (Å²) in [6, 6.07) is 4.56. The molecule has 0 spiro atoms. The van der Waals surface area contributed by atoms with Crippen LogP contribution in [0.5, 0.6) is 0 Å². The third-order valence-electron chi connectivity index (χ3n) is 2.77. The SMILES string of the molecule is CCNc1cc(CN(C)C(C)COC)ccn1. The van der Waals surface area contributed by atoms with Crippen LogP contribution in [-0.4, -0.2) is 43.2 Å². The molecule has 0 radical (unpaired) electrons. The molecule has 1 N–H and O–H groups in total. The second-order valence-corrected chi connectivity index (χ2v) is 4.30. The van der Waals surface area contributed by atoms with Gasteiger partial charge in [-0.25, -0.2) is 4.98 Å². The van der Waals surface area contributed by atoms with Crippen molar-refractivity contribution in [3.05, 3.63) is 23.9 Å². The van der Waals surface area contributed by atoms with Crippen molar-refractivity contribution in [1.29, 1.82) is 0 Å². The van der Waals surface area contributed by atoms with Gasteiger partial charge in [0.2, 0.25) is 0 Å². The second kappa shape index (κ2) is 7.25. The molecule has 1 aromatic heterocycles. The van der Waals surface area contributed by atoms with Crippen molar-refractivity contribution in [2.45, 2.75) is 26.4 Å². The largest absolute Gasteiger partial charge is 0.383 e. The monoisotopic (exact) mass is 237 g/mol. The highest BCUT2D eigenvalue weighted by atomic mass is 16.5. The summed E-state index contributed by atoms with van der Waals surface area (Å²) < 4.78 is 5.16. The van der Waals surface area contributed by atoms with Crippen LogP contribution in [0.2, 0.25) is 0 Å². The molecule has 0 bridgehead atoms. The number of nitrogens with zero attached hydrogens (tertiary/aromatic N) is 2. The highest BCUT2D eigenvalue weighted by Crippen LogP contribution is 2.10. The maximum atomic E-state index is 5.16. The molecule has 4 nitrogen and oxygen atoms in total. The average molecular weight is 237 g/mol. The summed E-state index contributed by atoms with van der Waals surface area (Å²) >= 11 is 0. The van der Waals surface area contributed by atoms with Gasteiger partial charge in [0.1, 0.15) is 5.82 Å². The Hall–Kier alpha value is -1.13. The van der Waals surface area contributed by atoms with E-state index in [9.17, 15) is 0 Å². The Bertz CT molecular complexity index is 330. The smallest absolute Gasteiger partial charge is 0.126 e. The standard InChI is InChI=1S/C13H23N3O/c1-5-14-13-8-12(6-7-15-13)9-16(3)11(2)10-17-4/h6-8,11H,5,9-10H2,1-4H3,(H,14,15). The Kier molecular flexibility index (Phi) is 5.94. The van der Waals surface area contributed by atoms with E-state index >= 15 is 0 Å². The van der Waals surface area contributed by atoms with Crippen LogP contribution in [0.25, 0.3) is 0 Å². The van der Waals surface area contributed by atoms with E-state index < -0.39 is 0 Å². The Morgan fingerprint density at radius 3 is 2.94 bits per heavy atom. The van der Waals surface area contributed by atoms with Crippen LogP contribution in [0.4, 0.5) is 5.82 Å². The van der Waals surface area contributed by atoms with Gasteiger partial charge in [0, 0.05) is 32.4 Å². The van der Waals surface area contributed by atoms with Gasteiger partial charge in [-0.1, -0.05) is 0 Å². The van der Waals surface area contributed by atoms with E-state index in [2.05, 4.69) is 48.2 Å². The van der Waals surface area contributed by atoms with Gasteiger partial charge in [-0.05, 0) is 38.6 Å². The maximum absolute atomic E-state index is 5.16. The molecule has 0 saturated heterocycles. The molecule has 0 aliphatic rings. The zero-order valence-corrected chi connectivity index (χ0v) is 11.2. The molecule has 0 aliphatic heterocycles. The number of anilines is 1. The Morgan fingerprint density at radius 1 is 1.53 bits per heavy atom. The van der Waals surface area contributed by atoms with Crippen molar-refractivity contribution in [1.82, 2.24) is 9.88 Å². The van der Waals surface area contributed by atoms with Crippen molar-refractivity contribution in [3.8, 4) is 0 Å². The number of methoxy groups -OCH3 is 1. The minimum Gasteiger partial charge on any atom is -0.383 e. The van der Waals surface area contributed by atoms with Crippen LogP contribution in [0, 0.1) is 0 Å². The van der Waals surface area contributed by atoms with Gasteiger partial charge < -0.3 is 10.1 Å². The molecule has 1 unspecified atom stereocenters. The predicted molar refractivity (Wildman–Crippen MR) is 71.2 cm³/mol. The van der Waals surface area contributed by atoms with E-state index in [0.29, 0.717) is 6.04 Å². The fourth-order valence-corrected chi connectivity index (χ4v) is 1.66. The van der Waals surface area contributed by atoms with Gasteiger partial charge in [-0.2, -0.15) is 0 Å². The molecule has 0 aromatic carbocycles. The number of aromatic nitrogens is 1. The van der Waals surface area contributed by atoms with Crippen molar-refractivity contribution in [2.75, 3.05) is 32.6 Å². The number of hydrogen-bond acceptors (Lipinski definition) is 4. The molecule has 1 rings (SSSR count). The zero-order valence-electron chi connectivity index (χ0n) is 11.2. The number of pyridine rings is 1. The second-order valence-electron chi connectivity index (χ2n) is 4.30. The molecule has 4 heteroatoms. The summed E-state index contributed by atoms with van der Waals surface area (Å²) in [5.74, 6) is 0.942. The molecular formula is C13H23N3O. The van der Waals surface area contributed by atoms with Crippen LogP contribution in [0.15, 0.2) is 18.3 Å². The van der Waals surface area contributed by atoms with Crippen molar-refractivity contribution in [3.63, 3.8) is 0 Å². The van der Waals surface area contributed by atoms with Crippen molar-refractivity contribution in [2.24, 2.45) is 0 Å². The third-order valence-corrected chi connectivity index (χ3v) is 2.77. The van der Waals surface area contributed by atoms with E-state index in [4.69, 9.17) is 4.74 Å². The van der Waals surface area contributed by atoms with Crippen LogP contribution in [-0.2, 0) is 11.3 Å². The van der Waals surface area contributed by atoms with Crippen LogP contribution in [0.3, 0.4) is 0 Å². The molecule has 0 saturated carbocycles. The molecule has 1 atom stereocenters. The fraction of sp³-hybridized carbons (Fsp3) is 0.615. The van der Waals surface area contributed by atoms with E-state index in [-0.39, 0.29) is 0 Å². The number of rotatable bonds is 7. The van der Waals surface area contributed by atoms with Gasteiger partial charge in [0.05, 0.1) is 6.61 Å². The Morgan fingerprint density at radius 2 is 2.29 bits per heavy atom. The first-order chi connectivity index (χ1) is 8.17. The van der Waals surface area contributed by atoms with Gasteiger partial charge in [0.25, 0.3) is 0 Å². The number of nitrogens with one attached hydrogen (secondary N) is 1. The maximum Gasteiger partial charge on any atom is 0.126 e. The summed E-state index contributed by atoms with van der Waals surface area (Å²) in [5, 5.41) is 3.22. The first kappa shape index (κ1) is 13.9. The van der Waals surface area contributed by atoms with Gasteiger partial charge in [-0.15, -0.1) is 0 Å². The van der Waals surface area contributed by atoms with E-state index in [1.165, 1.54) is 5.56 Å². The van der Waals surface area contributed by atoms with Crippen molar-refractivity contribution >= 4 is 5.82 Å². The molecule has 0 aliphatic carbocycles. The molecule has 96 valence electrons. The number of likely N-dealkylation sites (N-methyl/N-ethyl adjacent to an activating group) is 1. The lowest BCUT2D eigenvalue weighted by Gasteiger charge is -2.24. The molecule has 17 heavy (non-hydrogen) atoms. The summed E-state index contributed by atoms with van der Waals surface area (Å²) in [6.07, 6.45) is 1.85. The predicted octanol–water partition coefficient (Wildman–Crippen LogP) is 1.98. The van der Waals surface area contributed by atoms with Crippen LogP contribution < -0.4 is 5.32 Å². The van der Waals surface area contributed by atoms with Crippen LogP contribution in [0.1, 0.15) is 19.4 Å². The molecule has 1 aromatic rings. The van der Waals surface area contributed by atoms with Crippen molar-refractivity contribution < 1.29 is 4.74 Å². The van der Waals surface area contributed by atoms with E-state index in [1.807, 2.05) is 6.20 Å². The lowest BCUT2D eigenvalue weighted by atomic mass is 10.2. The Balaban J connectivity index is 2.58. The Labute approximate surface area is 104 Å². The molecule has 0 amide bonds. The minimum atomic E-state index is 0.413. The average Bonchev–Trinajstić information content (AvgIpc) is 2.30. The van der Waals surface area contributed by atoms with Gasteiger partial charge in [0.15, 0.2) is 0 Å². The topological polar surface area (TPSA) is 37.4 Å². The minimum absolute atomic E-state index is 0.413. The summed E-state index contributed by atoms with van der Waals surface area (Å²) in [4.78, 5) is 6.54. The summed E-state index contributed by atoms with van der Waals surface area (Å²) in [7, 11) is 3.84. The zero-order chi connectivity index (χ0) is 12.7. The summed E-state index contributed by atoms with van der Waals surface area (Å²) in [5.41, 5.74) is 1.27. The highest BCUT2D eigenvalue weighted by molar-refractivity contribution is 5.37. The van der Waals surface area contributed by atoms with Gasteiger partial charge >= 0.3 is 0 Å². The van der Waals surface area contributed by atoms with E-state index in [0.717, 1.165) is 25.5 Å². The molecular weight excluding hydrogens is 214 g/mol. The highest BCUT2D eigenvalue weighted by Gasteiger charge is 2.09. The molecule has 0 fully saturated rings. The summed E-state index contributed by atoms with van der Waals surface area (Å²) in [6.45, 7) is 6.79. The van der Waals surface area contributed by atoms with E-state index in [1.54, 1.807) is 7.11 Å². The van der Waals surface area contributed by atoms with Gasteiger partial charge in [-0.3, -0.25) is 4.90 Å². The first-order valence-corrected chi connectivity index (χ1v) is 6.05. The number of hydrogen-bond donors (Lipinski definition) is 1. The quantitative estimate of drug-likeness (QED) is 0.787. The normalized spacial score (nSPS) is 12.8. The lowest BCUT2D eigenvalue weighted by molar-refractivity contribution is 0.112. The lowest BCUT2D eigenvalue weighted by Crippen LogP contribution is -2.32. The first-order valence-electron chi connectivity index (χ1n) is 6.05. The molecule has 1 heterocycles. The third kappa shape index (κ3) is 4.71. The van der Waals surface area contributed by atoms with Crippen LogP contribution >= 0.6 is 0 Å².